The minimum atomic E-state index is -0.963. The molecule has 28 heavy (non-hydrogen) atoms. The van der Waals surface area contributed by atoms with Crippen molar-refractivity contribution in [3.63, 3.8) is 0 Å². The van der Waals surface area contributed by atoms with Gasteiger partial charge in [-0.15, -0.1) is 0 Å². The van der Waals surface area contributed by atoms with Crippen LogP contribution in [-0.4, -0.2) is 28.7 Å². The topological polar surface area (TPSA) is 57.5 Å². The molecule has 3 heteroatoms. The summed E-state index contributed by atoms with van der Waals surface area (Å²) in [6.07, 6.45) is 26.3. The Morgan fingerprint density at radius 1 is 0.714 bits per heavy atom. The van der Waals surface area contributed by atoms with Crippen molar-refractivity contribution >= 4 is 5.78 Å². The molecule has 0 aromatic carbocycles. The van der Waals surface area contributed by atoms with Gasteiger partial charge in [-0.2, -0.15) is 0 Å². The highest BCUT2D eigenvalue weighted by molar-refractivity contribution is 5.82. The number of carbonyl (C=O) groups is 1. The first-order valence-corrected chi connectivity index (χ1v) is 12.2. The number of allylic oxidation sites excluding steroid dienone is 2. The second-order valence-electron chi connectivity index (χ2n) is 8.24. The van der Waals surface area contributed by atoms with Gasteiger partial charge in [-0.1, -0.05) is 96.1 Å². The van der Waals surface area contributed by atoms with Crippen LogP contribution >= 0.6 is 0 Å². The summed E-state index contributed by atoms with van der Waals surface area (Å²) in [6, 6.07) is 0. The standard InChI is InChI=1S/C25H48O3/c1-2-3-4-5-6-7-8-9-10-11-12-13-14-15-16-17-18-19-20-21-24(27)25(28)22-23-26/h9-10,25-26,28H,2-8,11-23H2,1H3/b10-9-. The predicted molar refractivity (Wildman–Crippen MR) is 121 cm³/mol. The SMILES string of the molecule is CCCCCCCC/C=C\CCCCCCCCCCCC(=O)C(O)CCO. The van der Waals surface area contributed by atoms with E-state index < -0.39 is 6.10 Å². The zero-order valence-electron chi connectivity index (χ0n) is 18.7. The molecule has 0 radical (unpaired) electrons. The van der Waals surface area contributed by atoms with E-state index in [4.69, 9.17) is 5.11 Å². The Labute approximate surface area is 175 Å². The molecule has 0 amide bonds. The van der Waals surface area contributed by atoms with Crippen molar-refractivity contribution in [3.05, 3.63) is 12.2 Å². The molecule has 2 N–H and O–H groups in total. The summed E-state index contributed by atoms with van der Waals surface area (Å²) >= 11 is 0. The van der Waals surface area contributed by atoms with Gasteiger partial charge in [0, 0.05) is 19.4 Å². The van der Waals surface area contributed by atoms with Crippen LogP contribution in [0, 0.1) is 0 Å². The number of rotatable bonds is 22. The maximum absolute atomic E-state index is 11.5. The Bertz CT molecular complexity index is 352. The summed E-state index contributed by atoms with van der Waals surface area (Å²) in [5.74, 6) is -0.116. The van der Waals surface area contributed by atoms with Gasteiger partial charge in [0.05, 0.1) is 0 Å². The fourth-order valence-corrected chi connectivity index (χ4v) is 3.53. The van der Waals surface area contributed by atoms with E-state index in [1.807, 2.05) is 0 Å². The summed E-state index contributed by atoms with van der Waals surface area (Å²) in [7, 11) is 0. The van der Waals surface area contributed by atoms with Crippen LogP contribution in [0.3, 0.4) is 0 Å². The van der Waals surface area contributed by atoms with Gasteiger partial charge in [0.25, 0.3) is 0 Å². The fourth-order valence-electron chi connectivity index (χ4n) is 3.53. The molecule has 0 rings (SSSR count). The van der Waals surface area contributed by atoms with Gasteiger partial charge in [0.15, 0.2) is 5.78 Å². The second kappa shape index (κ2) is 22.6. The van der Waals surface area contributed by atoms with Crippen LogP contribution in [0.1, 0.15) is 129 Å². The van der Waals surface area contributed by atoms with E-state index in [-0.39, 0.29) is 18.8 Å². The first-order chi connectivity index (χ1) is 13.7. The lowest BCUT2D eigenvalue weighted by molar-refractivity contribution is -0.127. The molecule has 1 atom stereocenters. The zero-order chi connectivity index (χ0) is 20.7. The average Bonchev–Trinajstić information content (AvgIpc) is 2.69. The van der Waals surface area contributed by atoms with Crippen molar-refractivity contribution in [2.24, 2.45) is 0 Å². The maximum Gasteiger partial charge on any atom is 0.161 e. The highest BCUT2D eigenvalue weighted by atomic mass is 16.3. The number of aliphatic hydroxyl groups is 2. The lowest BCUT2D eigenvalue weighted by atomic mass is 10.0. The molecule has 0 bridgehead atoms. The number of unbranched alkanes of at least 4 members (excludes halogenated alkanes) is 15. The van der Waals surface area contributed by atoms with Crippen molar-refractivity contribution in [2.45, 2.75) is 135 Å². The third kappa shape index (κ3) is 20.1. The molecule has 0 saturated heterocycles. The number of Topliss-reactive ketones (excluding diaryl/α,β-unsaturated/α-hetero) is 1. The maximum atomic E-state index is 11.5. The lowest BCUT2D eigenvalue weighted by Crippen LogP contribution is -2.21. The lowest BCUT2D eigenvalue weighted by Gasteiger charge is -2.07. The van der Waals surface area contributed by atoms with E-state index in [1.54, 1.807) is 0 Å². The van der Waals surface area contributed by atoms with Crippen molar-refractivity contribution in [3.8, 4) is 0 Å². The third-order valence-electron chi connectivity index (χ3n) is 5.46. The number of ketones is 1. The normalized spacial score (nSPS) is 12.7. The molecule has 0 spiro atoms. The number of hydrogen-bond acceptors (Lipinski definition) is 3. The van der Waals surface area contributed by atoms with Crippen LogP contribution < -0.4 is 0 Å². The van der Waals surface area contributed by atoms with Crippen LogP contribution in [0.4, 0.5) is 0 Å². The molecule has 0 saturated carbocycles. The summed E-state index contributed by atoms with van der Waals surface area (Å²) in [5.41, 5.74) is 0. The highest BCUT2D eigenvalue weighted by Gasteiger charge is 2.13. The van der Waals surface area contributed by atoms with Gasteiger partial charge >= 0.3 is 0 Å². The van der Waals surface area contributed by atoms with Gasteiger partial charge in [0.2, 0.25) is 0 Å². The average molecular weight is 397 g/mol. The van der Waals surface area contributed by atoms with Crippen LogP contribution in [0.25, 0.3) is 0 Å². The summed E-state index contributed by atoms with van der Waals surface area (Å²) in [5, 5.41) is 18.2. The Hall–Kier alpha value is -0.670. The zero-order valence-corrected chi connectivity index (χ0v) is 18.7. The smallest absolute Gasteiger partial charge is 0.161 e. The number of carbonyl (C=O) groups excluding carboxylic acids is 1. The molecule has 0 aliphatic carbocycles. The Balaban J connectivity index is 3.19. The van der Waals surface area contributed by atoms with Crippen LogP contribution in [0.2, 0.25) is 0 Å². The largest absolute Gasteiger partial charge is 0.396 e. The molecule has 0 aromatic heterocycles. The molecule has 3 nitrogen and oxygen atoms in total. The van der Waals surface area contributed by atoms with Crippen molar-refractivity contribution in [2.75, 3.05) is 6.61 Å². The van der Waals surface area contributed by atoms with Gasteiger partial charge in [-0.3, -0.25) is 4.79 Å². The third-order valence-corrected chi connectivity index (χ3v) is 5.46. The van der Waals surface area contributed by atoms with Gasteiger partial charge in [-0.25, -0.2) is 0 Å². The molecule has 0 aromatic rings. The Morgan fingerprint density at radius 3 is 1.61 bits per heavy atom. The van der Waals surface area contributed by atoms with Crippen molar-refractivity contribution < 1.29 is 15.0 Å². The second-order valence-corrected chi connectivity index (χ2v) is 8.24. The summed E-state index contributed by atoms with van der Waals surface area (Å²) in [6.45, 7) is 2.15. The van der Waals surface area contributed by atoms with Crippen LogP contribution in [-0.2, 0) is 4.79 Å². The molecule has 0 aliphatic rings. The number of aliphatic hydroxyl groups excluding tert-OH is 2. The van der Waals surface area contributed by atoms with E-state index in [2.05, 4.69) is 19.1 Å². The Morgan fingerprint density at radius 2 is 1.14 bits per heavy atom. The van der Waals surface area contributed by atoms with Crippen LogP contribution in [0.15, 0.2) is 12.2 Å². The van der Waals surface area contributed by atoms with Gasteiger partial charge in [-0.05, 0) is 32.1 Å². The predicted octanol–water partition coefficient (Wildman–Crippen LogP) is 6.90. The number of hydrogen-bond donors (Lipinski definition) is 2. The van der Waals surface area contributed by atoms with E-state index >= 15 is 0 Å². The quantitative estimate of drug-likeness (QED) is 0.155. The van der Waals surface area contributed by atoms with Crippen LogP contribution in [0.5, 0.6) is 0 Å². The van der Waals surface area contributed by atoms with E-state index in [1.165, 1.54) is 96.3 Å². The summed E-state index contributed by atoms with van der Waals surface area (Å²) < 4.78 is 0. The van der Waals surface area contributed by atoms with E-state index in [0.717, 1.165) is 12.8 Å². The Kier molecular flexibility index (Phi) is 22.1. The van der Waals surface area contributed by atoms with Gasteiger partial charge < -0.3 is 10.2 Å². The summed E-state index contributed by atoms with van der Waals surface area (Å²) in [4.78, 5) is 11.5. The molecule has 0 fully saturated rings. The minimum Gasteiger partial charge on any atom is -0.396 e. The monoisotopic (exact) mass is 396 g/mol. The molecule has 0 heterocycles. The first-order valence-electron chi connectivity index (χ1n) is 12.2. The van der Waals surface area contributed by atoms with Crippen molar-refractivity contribution in [1.29, 1.82) is 0 Å². The molecule has 166 valence electrons. The molecular weight excluding hydrogens is 348 g/mol. The highest BCUT2D eigenvalue weighted by Crippen LogP contribution is 2.13. The first kappa shape index (κ1) is 27.3. The van der Waals surface area contributed by atoms with Gasteiger partial charge in [0.1, 0.15) is 6.10 Å². The van der Waals surface area contributed by atoms with Crippen molar-refractivity contribution in [1.82, 2.24) is 0 Å². The van der Waals surface area contributed by atoms with E-state index in [9.17, 15) is 9.90 Å². The molecular formula is C25H48O3. The fraction of sp³-hybridized carbons (Fsp3) is 0.880. The molecule has 1 unspecified atom stereocenters. The minimum absolute atomic E-state index is 0.116. The molecule has 0 aliphatic heterocycles. The van der Waals surface area contributed by atoms with E-state index in [0.29, 0.717) is 6.42 Å².